The summed E-state index contributed by atoms with van der Waals surface area (Å²) in [6, 6.07) is 0. The highest BCUT2D eigenvalue weighted by atomic mass is 35.5. The maximum atomic E-state index is 6.01. The topological polar surface area (TPSA) is 69.6 Å². The Morgan fingerprint density at radius 3 is 2.88 bits per heavy atom. The number of aryl methyl sites for hydroxylation is 2. The molecule has 0 aliphatic heterocycles. The van der Waals surface area contributed by atoms with Gasteiger partial charge in [0, 0.05) is 25.8 Å². The highest BCUT2D eigenvalue weighted by Gasteiger charge is 2.30. The maximum absolute atomic E-state index is 6.01. The zero-order valence-corrected chi connectivity index (χ0v) is 10.2. The van der Waals surface area contributed by atoms with Gasteiger partial charge in [-0.1, -0.05) is 5.16 Å². The Hall–Kier alpha value is -1.43. The summed E-state index contributed by atoms with van der Waals surface area (Å²) >= 11 is 6.01. The third-order valence-corrected chi connectivity index (χ3v) is 3.09. The quantitative estimate of drug-likeness (QED) is 0.830. The molecule has 1 aliphatic carbocycles. The van der Waals surface area contributed by atoms with E-state index in [9.17, 15) is 0 Å². The van der Waals surface area contributed by atoms with Gasteiger partial charge >= 0.3 is 0 Å². The van der Waals surface area contributed by atoms with Crippen molar-refractivity contribution >= 4 is 11.6 Å². The molecule has 17 heavy (non-hydrogen) atoms. The van der Waals surface area contributed by atoms with Crippen molar-refractivity contribution in [3.63, 3.8) is 0 Å². The summed E-state index contributed by atoms with van der Waals surface area (Å²) in [5.41, 5.74) is 0. The first-order valence-corrected chi connectivity index (χ1v) is 5.99. The lowest BCUT2D eigenvalue weighted by molar-refractivity contribution is 0.386. The molecular weight excluding hydrogens is 242 g/mol. The van der Waals surface area contributed by atoms with Crippen LogP contribution in [0.5, 0.6) is 0 Å². The van der Waals surface area contributed by atoms with Crippen molar-refractivity contribution in [1.29, 1.82) is 0 Å². The lowest BCUT2D eigenvalue weighted by Crippen LogP contribution is -2.06. The fourth-order valence-electron chi connectivity index (χ4n) is 1.80. The van der Waals surface area contributed by atoms with Crippen LogP contribution in [0.25, 0.3) is 0 Å². The van der Waals surface area contributed by atoms with Gasteiger partial charge in [-0.05, 0) is 24.4 Å². The summed E-state index contributed by atoms with van der Waals surface area (Å²) in [6.45, 7) is 2.47. The van der Waals surface area contributed by atoms with Crippen molar-refractivity contribution in [1.82, 2.24) is 24.9 Å². The zero-order chi connectivity index (χ0) is 11.8. The molecule has 7 heteroatoms. The second kappa shape index (κ2) is 4.10. The van der Waals surface area contributed by atoms with Gasteiger partial charge in [0.1, 0.15) is 5.82 Å². The third-order valence-electron chi connectivity index (χ3n) is 2.81. The molecule has 6 nitrogen and oxygen atoms in total. The minimum absolute atomic E-state index is 0.437. The van der Waals surface area contributed by atoms with Crippen LogP contribution < -0.4 is 0 Å². The molecule has 3 rings (SSSR count). The van der Waals surface area contributed by atoms with E-state index in [0.29, 0.717) is 35.9 Å². The lowest BCUT2D eigenvalue weighted by atomic mass is 10.3. The third kappa shape index (κ3) is 2.17. The Bertz CT molecular complexity index is 531. The van der Waals surface area contributed by atoms with Crippen LogP contribution in [0.4, 0.5) is 0 Å². The smallest absolute Gasteiger partial charge is 0.225 e. The first-order valence-electron chi connectivity index (χ1n) is 5.62. The van der Waals surface area contributed by atoms with Crippen molar-refractivity contribution in [3.8, 4) is 0 Å². The summed E-state index contributed by atoms with van der Waals surface area (Å²) in [7, 11) is 0. The molecule has 0 radical (unpaired) electrons. The van der Waals surface area contributed by atoms with Gasteiger partial charge in [-0.3, -0.25) is 0 Å². The average molecular weight is 254 g/mol. The van der Waals surface area contributed by atoms with Gasteiger partial charge in [0.25, 0.3) is 0 Å². The van der Waals surface area contributed by atoms with Crippen molar-refractivity contribution in [2.45, 2.75) is 38.6 Å². The molecule has 1 fully saturated rings. The number of halogens is 1. The van der Waals surface area contributed by atoms with Crippen LogP contribution in [0.1, 0.15) is 36.3 Å². The van der Waals surface area contributed by atoms with E-state index in [1.807, 2.05) is 4.57 Å². The van der Waals surface area contributed by atoms with E-state index in [-0.39, 0.29) is 0 Å². The fraction of sp³-hybridized carbons (Fsp3) is 0.600. The molecule has 0 spiro atoms. The van der Waals surface area contributed by atoms with E-state index in [0.717, 1.165) is 5.82 Å². The second-order valence-electron chi connectivity index (χ2n) is 4.23. The lowest BCUT2D eigenvalue weighted by Gasteiger charge is -2.04. The summed E-state index contributed by atoms with van der Waals surface area (Å²) in [5.74, 6) is 2.78. The predicted molar refractivity (Wildman–Crippen MR) is 59.7 cm³/mol. The summed E-state index contributed by atoms with van der Waals surface area (Å²) < 4.78 is 6.86. The van der Waals surface area contributed by atoms with Crippen LogP contribution in [-0.2, 0) is 13.0 Å². The van der Waals surface area contributed by atoms with Gasteiger partial charge < -0.3 is 9.09 Å². The Balaban J connectivity index is 1.74. The number of rotatable bonds is 4. The summed E-state index contributed by atoms with van der Waals surface area (Å²) in [5, 5.41) is 12.3. The van der Waals surface area contributed by atoms with E-state index < -0.39 is 0 Å². The van der Waals surface area contributed by atoms with E-state index >= 15 is 0 Å². The van der Waals surface area contributed by atoms with Gasteiger partial charge in [0.05, 0.1) is 0 Å². The average Bonchev–Trinajstić information content (AvgIpc) is 2.97. The molecule has 0 atom stereocenters. The largest absolute Gasteiger partial charge is 0.340 e. The van der Waals surface area contributed by atoms with Crippen LogP contribution in [0, 0.1) is 6.92 Å². The van der Waals surface area contributed by atoms with E-state index in [2.05, 4.69) is 20.3 Å². The monoisotopic (exact) mass is 253 g/mol. The SMILES string of the molecule is Cc1nc(CCn2c(Cl)nnc2C2CC2)no1. The number of hydrogen-bond acceptors (Lipinski definition) is 5. The molecule has 2 heterocycles. The molecule has 2 aromatic rings. The molecule has 0 N–H and O–H groups in total. The highest BCUT2D eigenvalue weighted by Crippen LogP contribution is 2.39. The Morgan fingerprint density at radius 2 is 2.24 bits per heavy atom. The second-order valence-corrected chi connectivity index (χ2v) is 4.57. The summed E-state index contributed by atoms with van der Waals surface area (Å²) in [4.78, 5) is 4.15. The molecule has 1 saturated carbocycles. The minimum atomic E-state index is 0.437. The Kier molecular flexibility index (Phi) is 2.58. The molecule has 0 unspecified atom stereocenters. The van der Waals surface area contributed by atoms with E-state index in [4.69, 9.17) is 16.1 Å². The van der Waals surface area contributed by atoms with Crippen LogP contribution in [0.3, 0.4) is 0 Å². The van der Waals surface area contributed by atoms with Crippen LogP contribution in [0.15, 0.2) is 4.52 Å². The molecule has 0 amide bonds. The highest BCUT2D eigenvalue weighted by molar-refractivity contribution is 6.28. The standard InChI is InChI=1S/C10H12ClN5O/c1-6-12-8(15-17-6)4-5-16-9(7-2-3-7)13-14-10(16)11/h7H,2-5H2,1H3. The first-order chi connectivity index (χ1) is 8.24. The van der Waals surface area contributed by atoms with Crippen LogP contribution in [-0.4, -0.2) is 24.9 Å². The first kappa shape index (κ1) is 10.7. The fourth-order valence-corrected chi connectivity index (χ4v) is 2.01. The molecule has 0 bridgehead atoms. The van der Waals surface area contributed by atoms with Gasteiger partial charge in [-0.2, -0.15) is 4.98 Å². The van der Waals surface area contributed by atoms with E-state index in [1.165, 1.54) is 12.8 Å². The van der Waals surface area contributed by atoms with Crippen molar-refractivity contribution < 1.29 is 4.52 Å². The van der Waals surface area contributed by atoms with Crippen LogP contribution in [0.2, 0.25) is 5.28 Å². The molecular formula is C10H12ClN5O. The predicted octanol–water partition coefficient (Wildman–Crippen LogP) is 1.74. The summed E-state index contributed by atoms with van der Waals surface area (Å²) in [6.07, 6.45) is 3.03. The molecule has 0 aromatic carbocycles. The minimum Gasteiger partial charge on any atom is -0.340 e. The van der Waals surface area contributed by atoms with Crippen molar-refractivity contribution in [3.05, 3.63) is 22.8 Å². The van der Waals surface area contributed by atoms with E-state index in [1.54, 1.807) is 6.92 Å². The van der Waals surface area contributed by atoms with Gasteiger partial charge in [0.15, 0.2) is 5.82 Å². The molecule has 0 saturated heterocycles. The Morgan fingerprint density at radius 1 is 1.41 bits per heavy atom. The molecule has 90 valence electrons. The van der Waals surface area contributed by atoms with Gasteiger partial charge in [-0.15, -0.1) is 10.2 Å². The zero-order valence-electron chi connectivity index (χ0n) is 9.43. The van der Waals surface area contributed by atoms with Gasteiger partial charge in [-0.25, -0.2) is 0 Å². The number of hydrogen-bond donors (Lipinski definition) is 0. The Labute approximate surface area is 103 Å². The molecule has 2 aromatic heterocycles. The maximum Gasteiger partial charge on any atom is 0.225 e. The van der Waals surface area contributed by atoms with Crippen molar-refractivity contribution in [2.24, 2.45) is 0 Å². The van der Waals surface area contributed by atoms with Gasteiger partial charge in [0.2, 0.25) is 11.2 Å². The van der Waals surface area contributed by atoms with Crippen LogP contribution >= 0.6 is 11.6 Å². The van der Waals surface area contributed by atoms with Crippen molar-refractivity contribution in [2.75, 3.05) is 0 Å². The normalized spacial score (nSPS) is 15.4. The number of nitrogens with zero attached hydrogens (tertiary/aromatic N) is 5. The molecule has 1 aliphatic rings. The number of aromatic nitrogens is 5.